The van der Waals surface area contributed by atoms with Gasteiger partial charge < -0.3 is 11.1 Å². The number of ketones is 1. The summed E-state index contributed by atoms with van der Waals surface area (Å²) in [4.78, 5) is 24.2. The summed E-state index contributed by atoms with van der Waals surface area (Å²) in [5, 5.41) is 2.95. The minimum Gasteiger partial charge on any atom is -0.349 e. The van der Waals surface area contributed by atoms with Gasteiger partial charge >= 0.3 is 0 Å². The van der Waals surface area contributed by atoms with Crippen molar-refractivity contribution in [2.75, 3.05) is 6.54 Å². The number of carbonyl (C=O) groups excluding carboxylic acids is 2. The summed E-state index contributed by atoms with van der Waals surface area (Å²) < 4.78 is 0. The molecule has 1 atom stereocenters. The van der Waals surface area contributed by atoms with Crippen molar-refractivity contribution in [1.29, 1.82) is 0 Å². The first-order chi connectivity index (χ1) is 10.3. The molecular weight excluding hydrogens is 276 g/mol. The van der Waals surface area contributed by atoms with Crippen LogP contribution >= 0.6 is 0 Å². The van der Waals surface area contributed by atoms with Crippen molar-refractivity contribution in [3.05, 3.63) is 35.4 Å². The van der Waals surface area contributed by atoms with E-state index in [-0.39, 0.29) is 30.4 Å². The quantitative estimate of drug-likeness (QED) is 0.725. The lowest BCUT2D eigenvalue weighted by atomic mass is 9.88. The van der Waals surface area contributed by atoms with E-state index >= 15 is 0 Å². The molecule has 0 spiro atoms. The Morgan fingerprint density at radius 2 is 1.77 bits per heavy atom. The average Bonchev–Trinajstić information content (AvgIpc) is 2.52. The molecule has 1 rings (SSSR count). The van der Waals surface area contributed by atoms with Crippen molar-refractivity contribution in [1.82, 2.24) is 5.32 Å². The summed E-state index contributed by atoms with van der Waals surface area (Å²) in [5.74, 6) is 0.107. The fourth-order valence-electron chi connectivity index (χ4n) is 2.11. The molecule has 0 aromatic heterocycles. The lowest BCUT2D eigenvalue weighted by Crippen LogP contribution is -2.55. The first kappa shape index (κ1) is 18.4. The van der Waals surface area contributed by atoms with Gasteiger partial charge in [-0.1, -0.05) is 45.0 Å². The smallest absolute Gasteiger partial charge is 0.220 e. The molecule has 0 aliphatic rings. The molecule has 0 saturated carbocycles. The Balaban J connectivity index is 2.54. The van der Waals surface area contributed by atoms with Crippen LogP contribution in [-0.2, 0) is 11.2 Å². The SMILES string of the molecule is CCc1ccc(C(=O)CCC(=O)NC(C)(CN)C(C)C)cc1. The minimum atomic E-state index is -0.428. The molecule has 1 aromatic carbocycles. The highest BCUT2D eigenvalue weighted by atomic mass is 16.2. The van der Waals surface area contributed by atoms with Gasteiger partial charge in [0.15, 0.2) is 5.78 Å². The number of Topliss-reactive ketones (excluding diaryl/α,β-unsaturated/α-hetero) is 1. The van der Waals surface area contributed by atoms with Crippen LogP contribution < -0.4 is 11.1 Å². The van der Waals surface area contributed by atoms with Crippen LogP contribution in [0.1, 0.15) is 56.5 Å². The molecule has 0 saturated heterocycles. The van der Waals surface area contributed by atoms with E-state index in [1.165, 1.54) is 5.56 Å². The summed E-state index contributed by atoms with van der Waals surface area (Å²) in [6.07, 6.45) is 1.36. The Labute approximate surface area is 133 Å². The number of nitrogens with one attached hydrogen (secondary N) is 1. The highest BCUT2D eigenvalue weighted by molar-refractivity contribution is 5.98. The van der Waals surface area contributed by atoms with Crippen LogP contribution in [0.2, 0.25) is 0 Å². The Hall–Kier alpha value is -1.68. The molecule has 3 N–H and O–H groups in total. The van der Waals surface area contributed by atoms with Gasteiger partial charge in [0.1, 0.15) is 0 Å². The molecule has 0 aliphatic heterocycles. The van der Waals surface area contributed by atoms with Crippen LogP contribution in [0.15, 0.2) is 24.3 Å². The first-order valence-electron chi connectivity index (χ1n) is 7.95. The summed E-state index contributed by atoms with van der Waals surface area (Å²) in [7, 11) is 0. The summed E-state index contributed by atoms with van der Waals surface area (Å²) >= 11 is 0. The van der Waals surface area contributed by atoms with Gasteiger partial charge in [0.25, 0.3) is 0 Å². The Bertz CT molecular complexity index is 508. The number of hydrogen-bond donors (Lipinski definition) is 2. The maximum Gasteiger partial charge on any atom is 0.220 e. The van der Waals surface area contributed by atoms with E-state index in [1.54, 1.807) is 0 Å². The standard InChI is InChI=1S/C18H28N2O2/c1-5-14-6-8-15(9-7-14)16(21)10-11-17(22)20-18(4,12-19)13(2)3/h6-9,13H,5,10-12,19H2,1-4H3,(H,20,22). The molecule has 4 nitrogen and oxygen atoms in total. The van der Waals surface area contributed by atoms with Crippen molar-refractivity contribution in [3.8, 4) is 0 Å². The molecule has 0 bridgehead atoms. The average molecular weight is 304 g/mol. The lowest BCUT2D eigenvalue weighted by Gasteiger charge is -2.33. The molecule has 1 aromatic rings. The van der Waals surface area contributed by atoms with Crippen molar-refractivity contribution < 1.29 is 9.59 Å². The van der Waals surface area contributed by atoms with Crippen molar-refractivity contribution >= 4 is 11.7 Å². The third-order valence-corrected chi connectivity index (χ3v) is 4.39. The number of hydrogen-bond acceptors (Lipinski definition) is 3. The maximum absolute atomic E-state index is 12.1. The minimum absolute atomic E-state index is 0.00296. The van der Waals surface area contributed by atoms with E-state index in [9.17, 15) is 9.59 Å². The summed E-state index contributed by atoms with van der Waals surface area (Å²) in [6, 6.07) is 7.57. The third kappa shape index (κ3) is 4.95. The van der Waals surface area contributed by atoms with Crippen molar-refractivity contribution in [2.24, 2.45) is 11.7 Å². The third-order valence-electron chi connectivity index (χ3n) is 4.39. The van der Waals surface area contributed by atoms with Gasteiger partial charge in [0.2, 0.25) is 5.91 Å². The number of benzene rings is 1. The highest BCUT2D eigenvalue weighted by Gasteiger charge is 2.28. The van der Waals surface area contributed by atoms with Crippen LogP contribution in [0.4, 0.5) is 0 Å². The van der Waals surface area contributed by atoms with Crippen LogP contribution in [0, 0.1) is 5.92 Å². The number of aryl methyl sites for hydroxylation is 1. The molecule has 1 amide bonds. The van der Waals surface area contributed by atoms with Gasteiger partial charge in [0.05, 0.1) is 5.54 Å². The van der Waals surface area contributed by atoms with E-state index < -0.39 is 5.54 Å². The Morgan fingerprint density at radius 3 is 2.23 bits per heavy atom. The van der Waals surface area contributed by atoms with Crippen LogP contribution in [0.25, 0.3) is 0 Å². The number of amides is 1. The molecule has 0 heterocycles. The van der Waals surface area contributed by atoms with Crippen molar-refractivity contribution in [3.63, 3.8) is 0 Å². The molecular formula is C18H28N2O2. The van der Waals surface area contributed by atoms with E-state index in [0.717, 1.165) is 6.42 Å². The highest BCUT2D eigenvalue weighted by Crippen LogP contribution is 2.15. The molecule has 0 radical (unpaired) electrons. The lowest BCUT2D eigenvalue weighted by molar-refractivity contribution is -0.123. The van der Waals surface area contributed by atoms with Crippen molar-refractivity contribution in [2.45, 2.75) is 52.5 Å². The zero-order valence-corrected chi connectivity index (χ0v) is 14.1. The fraction of sp³-hybridized carbons (Fsp3) is 0.556. The second-order valence-corrected chi connectivity index (χ2v) is 6.30. The molecule has 122 valence electrons. The fourth-order valence-corrected chi connectivity index (χ4v) is 2.11. The van der Waals surface area contributed by atoms with Crippen LogP contribution in [0.5, 0.6) is 0 Å². The molecule has 1 unspecified atom stereocenters. The van der Waals surface area contributed by atoms with Gasteiger partial charge in [0, 0.05) is 24.9 Å². The zero-order chi connectivity index (χ0) is 16.8. The second kappa shape index (κ2) is 8.08. The predicted octanol–water partition coefficient (Wildman–Crippen LogP) is 2.70. The van der Waals surface area contributed by atoms with Crippen LogP contribution in [-0.4, -0.2) is 23.8 Å². The first-order valence-corrected chi connectivity index (χ1v) is 7.95. The van der Waals surface area contributed by atoms with Gasteiger partial charge in [-0.15, -0.1) is 0 Å². The monoisotopic (exact) mass is 304 g/mol. The normalized spacial score (nSPS) is 13.7. The van der Waals surface area contributed by atoms with E-state index in [4.69, 9.17) is 5.73 Å². The Morgan fingerprint density at radius 1 is 1.18 bits per heavy atom. The van der Waals surface area contributed by atoms with E-state index in [0.29, 0.717) is 12.1 Å². The summed E-state index contributed by atoms with van der Waals surface area (Å²) in [6.45, 7) is 8.43. The van der Waals surface area contributed by atoms with Gasteiger partial charge in [-0.05, 0) is 24.8 Å². The second-order valence-electron chi connectivity index (χ2n) is 6.30. The van der Waals surface area contributed by atoms with E-state index in [1.807, 2.05) is 45.0 Å². The number of nitrogens with two attached hydrogens (primary N) is 1. The summed E-state index contributed by atoms with van der Waals surface area (Å²) in [5.41, 5.74) is 7.18. The topological polar surface area (TPSA) is 72.2 Å². The van der Waals surface area contributed by atoms with Gasteiger partial charge in [-0.2, -0.15) is 0 Å². The largest absolute Gasteiger partial charge is 0.349 e. The predicted molar refractivity (Wildman–Crippen MR) is 89.8 cm³/mol. The molecule has 0 fully saturated rings. The molecule has 0 aliphatic carbocycles. The van der Waals surface area contributed by atoms with Crippen LogP contribution in [0.3, 0.4) is 0 Å². The molecule has 4 heteroatoms. The number of rotatable bonds is 8. The van der Waals surface area contributed by atoms with Gasteiger partial charge in [-0.3, -0.25) is 9.59 Å². The zero-order valence-electron chi connectivity index (χ0n) is 14.1. The van der Waals surface area contributed by atoms with Gasteiger partial charge in [-0.25, -0.2) is 0 Å². The number of carbonyl (C=O) groups is 2. The van der Waals surface area contributed by atoms with E-state index in [2.05, 4.69) is 12.2 Å². The molecule has 22 heavy (non-hydrogen) atoms. The maximum atomic E-state index is 12.1. The Kier molecular flexibility index (Phi) is 6.75.